The molecule has 0 saturated heterocycles. The molecule has 0 spiro atoms. The molecule has 0 saturated carbocycles. The summed E-state index contributed by atoms with van der Waals surface area (Å²) in [5.41, 5.74) is 6.96. The number of hydrogen-bond donors (Lipinski definition) is 1. The first-order chi connectivity index (χ1) is 6.29. The van der Waals surface area contributed by atoms with Crippen molar-refractivity contribution in [2.45, 2.75) is 39.0 Å². The molecule has 2 rings (SSSR count). The van der Waals surface area contributed by atoms with E-state index < -0.39 is 0 Å². The van der Waals surface area contributed by atoms with E-state index in [2.05, 4.69) is 11.9 Å². The van der Waals surface area contributed by atoms with E-state index in [4.69, 9.17) is 5.73 Å². The Bertz CT molecular complexity index is 302. The van der Waals surface area contributed by atoms with Gasteiger partial charge >= 0.3 is 0 Å². The number of rotatable bonds is 2. The van der Waals surface area contributed by atoms with Gasteiger partial charge in [-0.3, -0.25) is 0 Å². The van der Waals surface area contributed by atoms with Crippen LogP contribution in [0, 0.1) is 5.92 Å². The van der Waals surface area contributed by atoms with Gasteiger partial charge < -0.3 is 5.73 Å². The fourth-order valence-corrected chi connectivity index (χ4v) is 3.11. The number of thiazole rings is 1. The first kappa shape index (κ1) is 15.0. The predicted molar refractivity (Wildman–Crippen MR) is 71.4 cm³/mol. The molecule has 1 heterocycles. The lowest BCUT2D eigenvalue weighted by Gasteiger charge is -2.19. The molecule has 1 atom stereocenters. The highest BCUT2D eigenvalue weighted by Crippen LogP contribution is 2.32. The molecule has 1 aliphatic carbocycles. The molecule has 0 amide bonds. The van der Waals surface area contributed by atoms with Crippen molar-refractivity contribution in [3.8, 4) is 0 Å². The minimum Gasteiger partial charge on any atom is -0.375 e. The Hall–Kier alpha value is 0.01000. The van der Waals surface area contributed by atoms with E-state index in [1.807, 2.05) is 0 Å². The fourth-order valence-electron chi connectivity index (χ4n) is 2.12. The van der Waals surface area contributed by atoms with E-state index in [0.717, 1.165) is 17.5 Å². The Labute approximate surface area is 107 Å². The van der Waals surface area contributed by atoms with E-state index in [1.165, 1.54) is 36.3 Å². The Kier molecular flexibility index (Phi) is 6.57. The van der Waals surface area contributed by atoms with Crippen LogP contribution in [0.3, 0.4) is 0 Å². The van der Waals surface area contributed by atoms with Gasteiger partial charge in [-0.15, -0.1) is 36.2 Å². The molecule has 2 N–H and O–H groups in total. The number of nitrogens with two attached hydrogens (primary N) is 1. The van der Waals surface area contributed by atoms with Crippen LogP contribution in [0.5, 0.6) is 0 Å². The minimum atomic E-state index is 0. The molecule has 1 aromatic heterocycles. The average Bonchev–Trinajstić information content (AvgIpc) is 2.44. The summed E-state index contributed by atoms with van der Waals surface area (Å²) in [6.07, 6.45) is 6.33. The van der Waals surface area contributed by atoms with E-state index in [9.17, 15) is 0 Å². The van der Waals surface area contributed by atoms with Crippen LogP contribution >= 0.6 is 36.2 Å². The van der Waals surface area contributed by atoms with Crippen molar-refractivity contribution in [1.82, 2.24) is 4.98 Å². The number of nitrogens with zero attached hydrogens (tertiary/aromatic N) is 1. The van der Waals surface area contributed by atoms with Gasteiger partial charge in [0, 0.05) is 4.88 Å². The number of anilines is 1. The molecule has 0 aliphatic heterocycles. The summed E-state index contributed by atoms with van der Waals surface area (Å²) in [5.74, 6) is 0.886. The van der Waals surface area contributed by atoms with Gasteiger partial charge in [-0.25, -0.2) is 4.98 Å². The third-order valence-electron chi connectivity index (χ3n) is 2.76. The fraction of sp³-hybridized carbons (Fsp3) is 0.700. The van der Waals surface area contributed by atoms with Crippen molar-refractivity contribution in [2.24, 2.45) is 5.92 Å². The molecular weight excluding hydrogens is 251 g/mol. The topological polar surface area (TPSA) is 38.9 Å². The molecular formula is C10H18Cl2N2S. The zero-order valence-corrected chi connectivity index (χ0v) is 11.3. The van der Waals surface area contributed by atoms with Crippen molar-refractivity contribution in [1.29, 1.82) is 0 Å². The Morgan fingerprint density at radius 3 is 2.87 bits per heavy atom. The smallest absolute Gasteiger partial charge is 0.180 e. The molecule has 0 unspecified atom stereocenters. The maximum atomic E-state index is 5.69. The van der Waals surface area contributed by atoms with Crippen LogP contribution in [0.2, 0.25) is 0 Å². The van der Waals surface area contributed by atoms with Gasteiger partial charge in [-0.2, -0.15) is 0 Å². The zero-order chi connectivity index (χ0) is 9.26. The largest absolute Gasteiger partial charge is 0.375 e. The van der Waals surface area contributed by atoms with Gasteiger partial charge in [0.15, 0.2) is 5.13 Å². The standard InChI is InChI=1S/C10H16N2S.2ClH/c1-2-3-7-4-5-8-9(6-7)13-10(11)12-8;;/h7H,2-6H2,1H3,(H2,11,12);2*1H/t7-;;/m0../s1. The second kappa shape index (κ2) is 6.56. The molecule has 0 aromatic carbocycles. The number of nitrogen functional groups attached to an aromatic ring is 1. The lowest BCUT2D eigenvalue weighted by molar-refractivity contribution is 0.424. The summed E-state index contributed by atoms with van der Waals surface area (Å²) in [6, 6.07) is 0. The van der Waals surface area contributed by atoms with Crippen LogP contribution in [0.4, 0.5) is 5.13 Å². The highest BCUT2D eigenvalue weighted by Gasteiger charge is 2.20. The summed E-state index contributed by atoms with van der Waals surface area (Å²) in [4.78, 5) is 5.79. The van der Waals surface area contributed by atoms with Crippen molar-refractivity contribution in [3.63, 3.8) is 0 Å². The number of aryl methyl sites for hydroxylation is 1. The predicted octanol–water partition coefficient (Wildman–Crippen LogP) is 3.47. The summed E-state index contributed by atoms with van der Waals surface area (Å²) < 4.78 is 0. The Balaban J connectivity index is 0.000000980. The third kappa shape index (κ3) is 3.51. The second-order valence-corrected chi connectivity index (χ2v) is 4.93. The minimum absolute atomic E-state index is 0. The van der Waals surface area contributed by atoms with Gasteiger partial charge in [0.05, 0.1) is 5.69 Å². The van der Waals surface area contributed by atoms with Gasteiger partial charge in [-0.05, 0) is 25.2 Å². The van der Waals surface area contributed by atoms with Crippen LogP contribution in [-0.4, -0.2) is 4.98 Å². The van der Waals surface area contributed by atoms with Crippen LogP contribution < -0.4 is 5.73 Å². The van der Waals surface area contributed by atoms with E-state index in [0.29, 0.717) is 0 Å². The molecule has 1 aliphatic rings. The van der Waals surface area contributed by atoms with Crippen LogP contribution in [0.25, 0.3) is 0 Å². The first-order valence-corrected chi connectivity index (χ1v) is 5.85. The second-order valence-electron chi connectivity index (χ2n) is 3.82. The zero-order valence-electron chi connectivity index (χ0n) is 8.86. The number of fused-ring (bicyclic) bond motifs is 1. The van der Waals surface area contributed by atoms with Crippen LogP contribution in [0.15, 0.2) is 0 Å². The molecule has 2 nitrogen and oxygen atoms in total. The number of hydrogen-bond acceptors (Lipinski definition) is 3. The lowest BCUT2D eigenvalue weighted by Crippen LogP contribution is -2.12. The molecule has 5 heteroatoms. The molecule has 0 fully saturated rings. The van der Waals surface area contributed by atoms with Crippen LogP contribution in [-0.2, 0) is 12.8 Å². The summed E-state index contributed by atoms with van der Waals surface area (Å²) in [6.45, 7) is 2.26. The normalized spacial score (nSPS) is 18.6. The molecule has 15 heavy (non-hydrogen) atoms. The van der Waals surface area contributed by atoms with E-state index in [-0.39, 0.29) is 24.8 Å². The summed E-state index contributed by atoms with van der Waals surface area (Å²) in [5, 5.41) is 0.752. The summed E-state index contributed by atoms with van der Waals surface area (Å²) in [7, 11) is 0. The quantitative estimate of drug-likeness (QED) is 0.892. The van der Waals surface area contributed by atoms with Crippen molar-refractivity contribution in [2.75, 3.05) is 5.73 Å². The molecule has 1 aromatic rings. The highest BCUT2D eigenvalue weighted by atomic mass is 35.5. The molecule has 0 radical (unpaired) electrons. The maximum absolute atomic E-state index is 5.69. The van der Waals surface area contributed by atoms with Crippen molar-refractivity contribution < 1.29 is 0 Å². The third-order valence-corrected chi connectivity index (χ3v) is 3.70. The van der Waals surface area contributed by atoms with Crippen molar-refractivity contribution >= 4 is 41.3 Å². The Morgan fingerprint density at radius 1 is 1.47 bits per heavy atom. The van der Waals surface area contributed by atoms with E-state index >= 15 is 0 Å². The van der Waals surface area contributed by atoms with Gasteiger partial charge in [0.2, 0.25) is 0 Å². The monoisotopic (exact) mass is 268 g/mol. The van der Waals surface area contributed by atoms with Gasteiger partial charge in [0.25, 0.3) is 0 Å². The molecule has 0 bridgehead atoms. The number of halogens is 2. The van der Waals surface area contributed by atoms with E-state index in [1.54, 1.807) is 11.3 Å². The average molecular weight is 269 g/mol. The SMILES string of the molecule is CCC[C@H]1CCc2nc(N)sc2C1.Cl.Cl. The summed E-state index contributed by atoms with van der Waals surface area (Å²) >= 11 is 1.69. The number of aromatic nitrogens is 1. The van der Waals surface area contributed by atoms with Gasteiger partial charge in [-0.1, -0.05) is 19.8 Å². The Morgan fingerprint density at radius 2 is 2.20 bits per heavy atom. The first-order valence-electron chi connectivity index (χ1n) is 5.03. The lowest BCUT2D eigenvalue weighted by atomic mass is 9.88. The van der Waals surface area contributed by atoms with Crippen molar-refractivity contribution in [3.05, 3.63) is 10.6 Å². The molecule has 88 valence electrons. The van der Waals surface area contributed by atoms with Gasteiger partial charge in [0.1, 0.15) is 0 Å². The highest BCUT2D eigenvalue weighted by molar-refractivity contribution is 7.15. The van der Waals surface area contributed by atoms with Crippen LogP contribution in [0.1, 0.15) is 36.8 Å². The maximum Gasteiger partial charge on any atom is 0.180 e.